The highest BCUT2D eigenvalue weighted by Gasteiger charge is 2.17. The predicted octanol–water partition coefficient (Wildman–Crippen LogP) is 5.41. The van der Waals surface area contributed by atoms with Gasteiger partial charge < -0.3 is 15.6 Å². The Balaban J connectivity index is 1.35. The molecule has 0 radical (unpaired) electrons. The van der Waals surface area contributed by atoms with E-state index >= 15 is 0 Å². The molecular formula is C29H28N6. The first-order valence-corrected chi connectivity index (χ1v) is 12.2. The second-order valence-electron chi connectivity index (χ2n) is 9.28. The number of likely N-dealkylation sites (tertiary alicyclic amines) is 1. The number of hydrogen-bond donors (Lipinski definition) is 3. The Morgan fingerprint density at radius 2 is 1.86 bits per heavy atom. The molecule has 35 heavy (non-hydrogen) atoms. The topological polar surface area (TPSA) is 94.7 Å². The van der Waals surface area contributed by atoms with Crippen molar-refractivity contribution in [3.05, 3.63) is 90.0 Å². The molecule has 6 heteroatoms. The summed E-state index contributed by atoms with van der Waals surface area (Å²) in [7, 11) is 0. The van der Waals surface area contributed by atoms with Gasteiger partial charge in [-0.25, -0.2) is 4.98 Å². The van der Waals surface area contributed by atoms with E-state index in [1.807, 2.05) is 48.8 Å². The Hall–Kier alpha value is -4.03. The Bertz CT molecular complexity index is 1540. The number of aromatic nitrogens is 3. The summed E-state index contributed by atoms with van der Waals surface area (Å²) in [6.07, 6.45) is 7.29. The lowest BCUT2D eigenvalue weighted by atomic mass is 9.97. The largest absolute Gasteiger partial charge is 0.398 e. The lowest BCUT2D eigenvalue weighted by molar-refractivity contribution is 0.344. The average molecular weight is 461 g/mol. The van der Waals surface area contributed by atoms with Crippen LogP contribution >= 0.6 is 0 Å². The highest BCUT2D eigenvalue weighted by atomic mass is 15.1. The molecule has 1 aliphatic rings. The molecule has 0 bridgehead atoms. The van der Waals surface area contributed by atoms with Crippen molar-refractivity contribution in [1.82, 2.24) is 19.9 Å². The van der Waals surface area contributed by atoms with Gasteiger partial charge in [-0.1, -0.05) is 42.5 Å². The molecule has 1 aliphatic heterocycles. The van der Waals surface area contributed by atoms with Crippen LogP contribution in [0.4, 0.5) is 5.69 Å². The number of fused-ring (bicyclic) bond motifs is 2. The SMILES string of the molecule is N=C(c1nc2c(CCN3CCCC3)cccc2[nH]1)c1cc(-c2cncc3ccccc23)ccc1N. The molecule has 4 N–H and O–H groups in total. The van der Waals surface area contributed by atoms with E-state index in [2.05, 4.69) is 39.1 Å². The quantitative estimate of drug-likeness (QED) is 0.233. The van der Waals surface area contributed by atoms with Crippen molar-refractivity contribution in [2.75, 3.05) is 25.4 Å². The number of aromatic amines is 1. The minimum atomic E-state index is 0.291. The van der Waals surface area contributed by atoms with Crippen LogP contribution in [0.25, 0.3) is 32.9 Å². The molecule has 6 nitrogen and oxygen atoms in total. The number of imidazole rings is 1. The molecule has 1 fully saturated rings. The van der Waals surface area contributed by atoms with Crippen LogP contribution in [-0.4, -0.2) is 45.2 Å². The maximum Gasteiger partial charge on any atom is 0.157 e. The second-order valence-corrected chi connectivity index (χ2v) is 9.28. The van der Waals surface area contributed by atoms with Gasteiger partial charge in [0, 0.05) is 41.1 Å². The highest BCUT2D eigenvalue weighted by molar-refractivity contribution is 6.13. The van der Waals surface area contributed by atoms with Crippen LogP contribution in [0.15, 0.2) is 73.1 Å². The van der Waals surface area contributed by atoms with E-state index in [1.165, 1.54) is 31.5 Å². The number of anilines is 1. The van der Waals surface area contributed by atoms with Crippen LogP contribution < -0.4 is 5.73 Å². The summed E-state index contributed by atoms with van der Waals surface area (Å²) < 4.78 is 0. The van der Waals surface area contributed by atoms with Crippen LogP contribution in [0.5, 0.6) is 0 Å². The van der Waals surface area contributed by atoms with Crippen molar-refractivity contribution in [1.29, 1.82) is 5.41 Å². The Morgan fingerprint density at radius 1 is 1.00 bits per heavy atom. The van der Waals surface area contributed by atoms with Gasteiger partial charge in [0.05, 0.1) is 11.0 Å². The Labute approximate surface area is 204 Å². The fraction of sp³-hybridized carbons (Fsp3) is 0.207. The number of nitrogens with zero attached hydrogens (tertiary/aromatic N) is 3. The maximum atomic E-state index is 8.98. The molecule has 174 valence electrons. The van der Waals surface area contributed by atoms with Crippen molar-refractivity contribution < 1.29 is 0 Å². The molecule has 2 aromatic heterocycles. The zero-order valence-electron chi connectivity index (χ0n) is 19.6. The van der Waals surface area contributed by atoms with E-state index in [4.69, 9.17) is 16.1 Å². The molecule has 5 aromatic rings. The second kappa shape index (κ2) is 8.96. The summed E-state index contributed by atoms with van der Waals surface area (Å²) >= 11 is 0. The summed E-state index contributed by atoms with van der Waals surface area (Å²) in [5.74, 6) is 0.536. The van der Waals surface area contributed by atoms with Crippen molar-refractivity contribution in [2.24, 2.45) is 0 Å². The number of nitrogens with two attached hydrogens (primary N) is 1. The third-order valence-corrected chi connectivity index (χ3v) is 7.03. The number of hydrogen-bond acceptors (Lipinski definition) is 5. The number of rotatable bonds is 6. The molecule has 0 saturated carbocycles. The van der Waals surface area contributed by atoms with E-state index in [1.54, 1.807) is 0 Å². The van der Waals surface area contributed by atoms with Crippen molar-refractivity contribution >= 4 is 33.2 Å². The van der Waals surface area contributed by atoms with Gasteiger partial charge in [0.2, 0.25) is 0 Å². The van der Waals surface area contributed by atoms with Gasteiger partial charge in [-0.05, 0) is 67.1 Å². The number of pyridine rings is 1. The molecule has 0 aliphatic carbocycles. The van der Waals surface area contributed by atoms with Crippen LogP contribution in [0, 0.1) is 5.41 Å². The molecule has 0 spiro atoms. The number of para-hydroxylation sites is 1. The van der Waals surface area contributed by atoms with Gasteiger partial charge in [0.1, 0.15) is 5.71 Å². The minimum absolute atomic E-state index is 0.291. The van der Waals surface area contributed by atoms with Crippen LogP contribution in [0.3, 0.4) is 0 Å². The number of nitrogen functional groups attached to an aromatic ring is 1. The van der Waals surface area contributed by atoms with Crippen LogP contribution in [0.1, 0.15) is 29.8 Å². The number of H-pyrrole nitrogens is 1. The van der Waals surface area contributed by atoms with Crippen molar-refractivity contribution in [3.63, 3.8) is 0 Å². The Kier molecular flexibility index (Phi) is 5.51. The average Bonchev–Trinajstić information content (AvgIpc) is 3.57. The fourth-order valence-electron chi connectivity index (χ4n) is 5.11. The fourth-order valence-corrected chi connectivity index (χ4v) is 5.11. The molecule has 0 amide bonds. The smallest absolute Gasteiger partial charge is 0.157 e. The molecule has 3 aromatic carbocycles. The first kappa shape index (κ1) is 21.5. The molecular weight excluding hydrogens is 432 g/mol. The van der Waals surface area contributed by atoms with Gasteiger partial charge in [-0.3, -0.25) is 10.4 Å². The van der Waals surface area contributed by atoms with Gasteiger partial charge in [0.25, 0.3) is 0 Å². The van der Waals surface area contributed by atoms with Crippen molar-refractivity contribution in [2.45, 2.75) is 19.3 Å². The van der Waals surface area contributed by atoms with E-state index in [0.717, 1.165) is 45.9 Å². The molecule has 0 atom stereocenters. The summed E-state index contributed by atoms with van der Waals surface area (Å²) in [5, 5.41) is 11.2. The molecule has 0 unspecified atom stereocenters. The standard InChI is InChI=1S/C29H28N6/c30-25-11-10-20(24-18-32-17-21-6-1-2-8-22(21)24)16-23(25)27(31)29-33-26-9-5-7-19(28(26)34-29)12-15-35-13-3-4-14-35/h1-2,5-11,16-18,31H,3-4,12-15,30H2,(H,33,34). The third-order valence-electron chi connectivity index (χ3n) is 7.03. The van der Waals surface area contributed by atoms with Gasteiger partial charge in [0.15, 0.2) is 5.82 Å². The van der Waals surface area contributed by atoms with Crippen LogP contribution in [0.2, 0.25) is 0 Å². The van der Waals surface area contributed by atoms with Gasteiger partial charge in [-0.2, -0.15) is 0 Å². The van der Waals surface area contributed by atoms with E-state index in [-0.39, 0.29) is 0 Å². The maximum absolute atomic E-state index is 8.98. The molecule has 3 heterocycles. The molecule has 6 rings (SSSR count). The first-order chi connectivity index (χ1) is 17.2. The first-order valence-electron chi connectivity index (χ1n) is 12.2. The Morgan fingerprint density at radius 3 is 2.74 bits per heavy atom. The molecule has 1 saturated heterocycles. The van der Waals surface area contributed by atoms with E-state index < -0.39 is 0 Å². The normalized spacial score (nSPS) is 14.2. The summed E-state index contributed by atoms with van der Waals surface area (Å²) in [6.45, 7) is 3.43. The summed E-state index contributed by atoms with van der Waals surface area (Å²) in [4.78, 5) is 15.2. The number of benzene rings is 3. The predicted molar refractivity (Wildman–Crippen MR) is 143 cm³/mol. The van der Waals surface area contributed by atoms with E-state index in [9.17, 15) is 0 Å². The minimum Gasteiger partial charge on any atom is -0.398 e. The lowest BCUT2D eigenvalue weighted by Crippen LogP contribution is -2.22. The van der Waals surface area contributed by atoms with Gasteiger partial charge >= 0.3 is 0 Å². The highest BCUT2D eigenvalue weighted by Crippen LogP contribution is 2.31. The zero-order chi connectivity index (χ0) is 23.8. The summed E-state index contributed by atoms with van der Waals surface area (Å²) in [6, 6.07) is 20.3. The van der Waals surface area contributed by atoms with Gasteiger partial charge in [-0.15, -0.1) is 0 Å². The lowest BCUT2D eigenvalue weighted by Gasteiger charge is -2.14. The monoisotopic (exact) mass is 460 g/mol. The third kappa shape index (κ3) is 4.06. The number of nitrogens with one attached hydrogen (secondary N) is 2. The van der Waals surface area contributed by atoms with Crippen LogP contribution in [-0.2, 0) is 6.42 Å². The zero-order valence-corrected chi connectivity index (χ0v) is 19.6. The van der Waals surface area contributed by atoms with E-state index in [0.29, 0.717) is 22.8 Å². The van der Waals surface area contributed by atoms with Crippen molar-refractivity contribution in [3.8, 4) is 11.1 Å². The summed E-state index contributed by atoms with van der Waals surface area (Å²) in [5.41, 5.74) is 13.0.